The van der Waals surface area contributed by atoms with Gasteiger partial charge in [0.1, 0.15) is 5.75 Å². The van der Waals surface area contributed by atoms with E-state index in [9.17, 15) is 4.79 Å². The van der Waals surface area contributed by atoms with Gasteiger partial charge in [0.15, 0.2) is 6.10 Å². The van der Waals surface area contributed by atoms with Gasteiger partial charge >= 0.3 is 0 Å². The lowest BCUT2D eigenvalue weighted by molar-refractivity contribution is -0.122. The Balaban J connectivity index is 1.78. The second kappa shape index (κ2) is 6.93. The van der Waals surface area contributed by atoms with Crippen molar-refractivity contribution in [2.45, 2.75) is 33.8 Å². The maximum Gasteiger partial charge on any atom is 0.265 e. The Morgan fingerprint density at radius 1 is 1.04 bits per heavy atom. The molecule has 25 heavy (non-hydrogen) atoms. The Morgan fingerprint density at radius 3 is 2.56 bits per heavy atom. The zero-order valence-corrected chi connectivity index (χ0v) is 15.0. The number of nitrogens with one attached hydrogen (secondary N) is 1. The summed E-state index contributed by atoms with van der Waals surface area (Å²) in [5, 5.41) is 3.88. The second-order valence-electron chi connectivity index (χ2n) is 6.32. The first-order chi connectivity index (χ1) is 12.0. The third-order valence-corrected chi connectivity index (χ3v) is 4.39. The fourth-order valence-corrected chi connectivity index (χ4v) is 2.70. The third kappa shape index (κ3) is 3.63. The van der Waals surface area contributed by atoms with Gasteiger partial charge in [0, 0.05) is 11.6 Å². The van der Waals surface area contributed by atoms with E-state index >= 15 is 0 Å². The molecule has 1 atom stereocenters. The predicted molar refractivity (Wildman–Crippen MR) is 101 cm³/mol. The van der Waals surface area contributed by atoms with Crippen LogP contribution in [0.25, 0.3) is 10.9 Å². The molecule has 0 saturated carbocycles. The summed E-state index contributed by atoms with van der Waals surface area (Å²) in [5.74, 6) is 0.508. The van der Waals surface area contributed by atoms with Crippen molar-refractivity contribution < 1.29 is 9.53 Å². The molecule has 0 aliphatic rings. The lowest BCUT2D eigenvalue weighted by Gasteiger charge is -2.16. The molecule has 3 aromatic rings. The number of ether oxygens (including phenoxy) is 1. The molecule has 0 aliphatic heterocycles. The van der Waals surface area contributed by atoms with Crippen LogP contribution in [0.2, 0.25) is 0 Å². The summed E-state index contributed by atoms with van der Waals surface area (Å²) in [4.78, 5) is 16.9. The Hall–Kier alpha value is -2.88. The average Bonchev–Trinajstić information content (AvgIpc) is 2.60. The van der Waals surface area contributed by atoms with E-state index in [0.717, 1.165) is 27.7 Å². The van der Waals surface area contributed by atoms with Crippen LogP contribution in [0.4, 0.5) is 5.69 Å². The smallest absolute Gasteiger partial charge is 0.265 e. The first-order valence-corrected chi connectivity index (χ1v) is 8.35. The fraction of sp³-hybridized carbons (Fsp3) is 0.238. The SMILES string of the molecule is Cc1ccc(OC(C)C(=O)Nc2ccc(C)c3ncccc23)cc1C. The molecule has 3 rings (SSSR count). The van der Waals surface area contributed by atoms with E-state index in [1.54, 1.807) is 13.1 Å². The van der Waals surface area contributed by atoms with Crippen molar-refractivity contribution in [1.82, 2.24) is 4.98 Å². The number of fused-ring (bicyclic) bond motifs is 1. The highest BCUT2D eigenvalue weighted by Gasteiger charge is 2.16. The second-order valence-corrected chi connectivity index (χ2v) is 6.32. The van der Waals surface area contributed by atoms with Gasteiger partial charge in [-0.15, -0.1) is 0 Å². The fourth-order valence-electron chi connectivity index (χ4n) is 2.70. The number of hydrogen-bond acceptors (Lipinski definition) is 3. The molecule has 0 saturated heterocycles. The molecular weight excluding hydrogens is 312 g/mol. The number of benzene rings is 2. The molecule has 4 nitrogen and oxygen atoms in total. The van der Waals surface area contributed by atoms with Gasteiger partial charge in [-0.2, -0.15) is 0 Å². The normalized spacial score (nSPS) is 12.0. The Morgan fingerprint density at radius 2 is 1.80 bits per heavy atom. The van der Waals surface area contributed by atoms with E-state index in [0.29, 0.717) is 5.75 Å². The van der Waals surface area contributed by atoms with Crippen molar-refractivity contribution in [3.63, 3.8) is 0 Å². The average molecular weight is 334 g/mol. The largest absolute Gasteiger partial charge is 0.481 e. The molecule has 128 valence electrons. The number of carbonyl (C=O) groups is 1. The molecule has 2 aromatic carbocycles. The molecule has 0 aliphatic carbocycles. The van der Waals surface area contributed by atoms with Crippen LogP contribution in [0, 0.1) is 20.8 Å². The first-order valence-electron chi connectivity index (χ1n) is 8.35. The first kappa shape index (κ1) is 17.0. The molecule has 4 heteroatoms. The molecule has 0 bridgehead atoms. The molecule has 1 aromatic heterocycles. The number of nitrogens with zero attached hydrogens (tertiary/aromatic N) is 1. The summed E-state index contributed by atoms with van der Waals surface area (Å²) < 4.78 is 5.79. The van der Waals surface area contributed by atoms with Crippen LogP contribution in [0.3, 0.4) is 0 Å². The van der Waals surface area contributed by atoms with Crippen molar-refractivity contribution in [3.05, 3.63) is 65.4 Å². The zero-order valence-electron chi connectivity index (χ0n) is 15.0. The van der Waals surface area contributed by atoms with E-state index < -0.39 is 6.10 Å². The summed E-state index contributed by atoms with van der Waals surface area (Å²) in [5.41, 5.74) is 5.05. The lowest BCUT2D eigenvalue weighted by Crippen LogP contribution is -2.30. The molecule has 1 N–H and O–H groups in total. The van der Waals surface area contributed by atoms with Crippen molar-refractivity contribution >= 4 is 22.5 Å². The highest BCUT2D eigenvalue weighted by atomic mass is 16.5. The summed E-state index contributed by atoms with van der Waals surface area (Å²) in [7, 11) is 0. The van der Waals surface area contributed by atoms with Crippen LogP contribution >= 0.6 is 0 Å². The summed E-state index contributed by atoms with van der Waals surface area (Å²) in [6.07, 6.45) is 1.15. The van der Waals surface area contributed by atoms with Crippen LogP contribution in [0.1, 0.15) is 23.6 Å². The minimum Gasteiger partial charge on any atom is -0.481 e. The molecule has 0 spiro atoms. The molecule has 1 heterocycles. The van der Waals surface area contributed by atoms with E-state index in [1.807, 2.05) is 63.2 Å². The van der Waals surface area contributed by atoms with Gasteiger partial charge in [-0.05, 0) is 74.7 Å². The van der Waals surface area contributed by atoms with Crippen LogP contribution in [-0.4, -0.2) is 17.0 Å². The van der Waals surface area contributed by atoms with Crippen LogP contribution in [0.15, 0.2) is 48.7 Å². The lowest BCUT2D eigenvalue weighted by atomic mass is 10.1. The maximum atomic E-state index is 12.5. The Bertz CT molecular complexity index is 934. The summed E-state index contributed by atoms with van der Waals surface area (Å²) in [6, 6.07) is 13.5. The molecule has 1 amide bonds. The number of hydrogen-bond donors (Lipinski definition) is 1. The van der Waals surface area contributed by atoms with Gasteiger partial charge in [-0.25, -0.2) is 0 Å². The topological polar surface area (TPSA) is 51.2 Å². The number of pyridine rings is 1. The third-order valence-electron chi connectivity index (χ3n) is 4.39. The summed E-state index contributed by atoms with van der Waals surface area (Å²) in [6.45, 7) is 7.83. The van der Waals surface area contributed by atoms with Crippen LogP contribution in [-0.2, 0) is 4.79 Å². The minimum atomic E-state index is -0.602. The molecule has 0 fully saturated rings. The van der Waals surface area contributed by atoms with E-state index in [1.165, 1.54) is 5.56 Å². The number of aryl methyl sites for hydroxylation is 3. The number of amides is 1. The van der Waals surface area contributed by atoms with Crippen molar-refractivity contribution in [2.24, 2.45) is 0 Å². The van der Waals surface area contributed by atoms with Gasteiger partial charge in [0.25, 0.3) is 5.91 Å². The number of rotatable bonds is 4. The maximum absolute atomic E-state index is 12.5. The standard InChI is InChI=1S/C21H22N2O2/c1-13-7-9-17(12-15(13)3)25-16(4)21(24)23-19-10-8-14(2)20-18(19)6-5-11-22-20/h5-12,16H,1-4H3,(H,23,24). The highest BCUT2D eigenvalue weighted by Crippen LogP contribution is 2.25. The van der Waals surface area contributed by atoms with Crippen molar-refractivity contribution in [1.29, 1.82) is 0 Å². The zero-order chi connectivity index (χ0) is 18.0. The summed E-state index contributed by atoms with van der Waals surface area (Å²) >= 11 is 0. The molecule has 0 radical (unpaired) electrons. The monoisotopic (exact) mass is 334 g/mol. The van der Waals surface area contributed by atoms with Gasteiger partial charge in [-0.3, -0.25) is 9.78 Å². The van der Waals surface area contributed by atoms with Gasteiger partial charge < -0.3 is 10.1 Å². The van der Waals surface area contributed by atoms with Gasteiger partial charge in [0.05, 0.1) is 11.2 Å². The quantitative estimate of drug-likeness (QED) is 0.760. The predicted octanol–water partition coefficient (Wildman–Crippen LogP) is 4.57. The number of carbonyl (C=O) groups excluding carboxylic acids is 1. The molecule has 1 unspecified atom stereocenters. The number of anilines is 1. The van der Waals surface area contributed by atoms with Crippen molar-refractivity contribution in [2.75, 3.05) is 5.32 Å². The van der Waals surface area contributed by atoms with E-state index in [4.69, 9.17) is 4.74 Å². The van der Waals surface area contributed by atoms with E-state index in [2.05, 4.69) is 10.3 Å². The van der Waals surface area contributed by atoms with Crippen molar-refractivity contribution in [3.8, 4) is 5.75 Å². The van der Waals surface area contributed by atoms with Crippen LogP contribution in [0.5, 0.6) is 5.75 Å². The van der Waals surface area contributed by atoms with E-state index in [-0.39, 0.29) is 5.91 Å². The van der Waals surface area contributed by atoms with Gasteiger partial charge in [0.2, 0.25) is 0 Å². The van der Waals surface area contributed by atoms with Crippen LogP contribution < -0.4 is 10.1 Å². The molecular formula is C21H22N2O2. The Labute approximate surface area is 147 Å². The highest BCUT2D eigenvalue weighted by molar-refractivity contribution is 6.03. The number of aromatic nitrogens is 1. The van der Waals surface area contributed by atoms with Gasteiger partial charge in [-0.1, -0.05) is 12.1 Å². The minimum absolute atomic E-state index is 0.188. The Kier molecular flexibility index (Phi) is 4.70.